The van der Waals surface area contributed by atoms with E-state index in [4.69, 9.17) is 4.74 Å². The van der Waals surface area contributed by atoms with E-state index in [1.165, 1.54) is 0 Å². The molecule has 5 heteroatoms. The number of nitrogens with zero attached hydrogens (tertiary/aromatic N) is 2. The van der Waals surface area contributed by atoms with Crippen molar-refractivity contribution in [2.45, 2.75) is 13.2 Å². The Kier molecular flexibility index (Phi) is 5.15. The zero-order chi connectivity index (χ0) is 16.8. The Bertz CT molecular complexity index is 829. The van der Waals surface area contributed by atoms with Crippen LogP contribution in [0, 0.1) is 0 Å². The number of aliphatic hydroxyl groups is 1. The number of ether oxygens (including phenoxy) is 1. The van der Waals surface area contributed by atoms with E-state index in [-0.39, 0.29) is 0 Å². The molecule has 0 aliphatic heterocycles. The van der Waals surface area contributed by atoms with Crippen LogP contribution in [0.5, 0.6) is 0 Å². The molecule has 0 radical (unpaired) electrons. The van der Waals surface area contributed by atoms with Gasteiger partial charge in [0.1, 0.15) is 5.71 Å². The maximum atomic E-state index is 10.2. The number of benzene rings is 2. The van der Waals surface area contributed by atoms with E-state index in [9.17, 15) is 5.11 Å². The van der Waals surface area contributed by atoms with Gasteiger partial charge < -0.3 is 9.84 Å². The van der Waals surface area contributed by atoms with Gasteiger partial charge in [-0.25, -0.2) is 0 Å². The summed E-state index contributed by atoms with van der Waals surface area (Å²) in [6.45, 7) is 2.22. The van der Waals surface area contributed by atoms with Gasteiger partial charge in [-0.05, 0) is 19.1 Å². The highest BCUT2D eigenvalue weighted by Crippen LogP contribution is 2.21. The zero-order valence-corrected chi connectivity index (χ0v) is 13.4. The van der Waals surface area contributed by atoms with Crippen molar-refractivity contribution in [3.05, 3.63) is 72.4 Å². The minimum atomic E-state index is -1.10. The van der Waals surface area contributed by atoms with E-state index in [2.05, 4.69) is 15.5 Å². The largest absolute Gasteiger partial charge is 0.363 e. The molecular weight excluding hydrogens is 302 g/mol. The van der Waals surface area contributed by atoms with Gasteiger partial charge in [0.2, 0.25) is 6.29 Å². The summed E-state index contributed by atoms with van der Waals surface area (Å²) in [5, 5.41) is 15.6. The molecule has 0 saturated carbocycles. The average molecular weight is 321 g/mol. The summed E-state index contributed by atoms with van der Waals surface area (Å²) < 4.78 is 5.30. The lowest BCUT2D eigenvalue weighted by molar-refractivity contribution is -0.0435. The minimum absolute atomic E-state index is 0.392. The molecule has 2 N–H and O–H groups in total. The first-order valence-electron chi connectivity index (χ1n) is 7.82. The highest BCUT2D eigenvalue weighted by molar-refractivity contribution is 6.03. The van der Waals surface area contributed by atoms with Crippen LogP contribution in [-0.2, 0) is 4.74 Å². The first-order valence-corrected chi connectivity index (χ1v) is 7.82. The molecule has 0 fully saturated rings. The summed E-state index contributed by atoms with van der Waals surface area (Å²) in [5.74, 6) is 0. The molecule has 0 aliphatic rings. The Hall–Kier alpha value is -2.76. The molecule has 1 aromatic heterocycles. The molecule has 0 spiro atoms. The van der Waals surface area contributed by atoms with Crippen LogP contribution in [0.3, 0.4) is 0 Å². The van der Waals surface area contributed by atoms with E-state index >= 15 is 0 Å². The number of hydrogen-bond donors (Lipinski definition) is 2. The van der Waals surface area contributed by atoms with Gasteiger partial charge >= 0.3 is 0 Å². The number of rotatable bonds is 6. The number of nitrogens with one attached hydrogen (secondary N) is 1. The SMILES string of the molecule is CCOC(O)/C(=N\Nc1cccc2cccnc12)c1ccccc1. The topological polar surface area (TPSA) is 66.7 Å². The van der Waals surface area contributed by atoms with E-state index in [0.29, 0.717) is 12.3 Å². The molecule has 0 saturated heterocycles. The number of aromatic nitrogens is 1. The fourth-order valence-electron chi connectivity index (χ4n) is 2.42. The van der Waals surface area contributed by atoms with Crippen LogP contribution < -0.4 is 5.43 Å². The standard InChI is InChI=1S/C19H19N3O2/c1-2-24-19(23)18(15-8-4-3-5-9-15)22-21-16-12-6-10-14-11-7-13-20-17(14)16/h3-13,19,21,23H,2H2,1H3/b22-18-. The van der Waals surface area contributed by atoms with Crippen molar-refractivity contribution in [3.8, 4) is 0 Å². The Balaban J connectivity index is 1.95. The van der Waals surface area contributed by atoms with Crippen LogP contribution in [0.25, 0.3) is 10.9 Å². The van der Waals surface area contributed by atoms with Crippen LogP contribution in [0.2, 0.25) is 0 Å². The average Bonchev–Trinajstić information content (AvgIpc) is 2.63. The Morgan fingerprint density at radius 2 is 1.92 bits per heavy atom. The predicted octanol–water partition coefficient (Wildman–Crippen LogP) is 3.41. The van der Waals surface area contributed by atoms with Gasteiger partial charge in [-0.2, -0.15) is 5.10 Å². The first-order chi connectivity index (χ1) is 11.8. The molecule has 2 aromatic carbocycles. The number of hydrazone groups is 1. The van der Waals surface area contributed by atoms with Crippen molar-refractivity contribution in [1.29, 1.82) is 0 Å². The summed E-state index contributed by atoms with van der Waals surface area (Å²) in [6, 6.07) is 19.2. The van der Waals surface area contributed by atoms with Crippen LogP contribution in [0.1, 0.15) is 12.5 Å². The van der Waals surface area contributed by atoms with Crippen LogP contribution >= 0.6 is 0 Å². The van der Waals surface area contributed by atoms with Gasteiger partial charge in [-0.1, -0.05) is 48.5 Å². The first kappa shape index (κ1) is 16.1. The third-order valence-corrected chi connectivity index (χ3v) is 3.56. The molecule has 0 bridgehead atoms. The number of pyridine rings is 1. The Morgan fingerprint density at radius 1 is 1.12 bits per heavy atom. The third kappa shape index (κ3) is 3.59. The van der Waals surface area contributed by atoms with Crippen molar-refractivity contribution in [2.75, 3.05) is 12.0 Å². The second-order valence-electron chi connectivity index (χ2n) is 5.16. The third-order valence-electron chi connectivity index (χ3n) is 3.56. The maximum absolute atomic E-state index is 10.2. The summed E-state index contributed by atoms with van der Waals surface area (Å²) in [4.78, 5) is 4.39. The van der Waals surface area contributed by atoms with Crippen molar-refractivity contribution in [1.82, 2.24) is 4.98 Å². The molecule has 1 heterocycles. The minimum Gasteiger partial charge on any atom is -0.363 e. The van der Waals surface area contributed by atoms with Gasteiger partial charge in [0.15, 0.2) is 0 Å². The lowest BCUT2D eigenvalue weighted by atomic mass is 10.1. The normalized spacial score (nSPS) is 13.0. The molecule has 3 aromatic rings. The Morgan fingerprint density at radius 3 is 2.71 bits per heavy atom. The molecule has 0 amide bonds. The number of anilines is 1. The second-order valence-corrected chi connectivity index (χ2v) is 5.16. The summed E-state index contributed by atoms with van der Waals surface area (Å²) >= 11 is 0. The summed E-state index contributed by atoms with van der Waals surface area (Å²) in [7, 11) is 0. The molecule has 24 heavy (non-hydrogen) atoms. The zero-order valence-electron chi connectivity index (χ0n) is 13.4. The van der Waals surface area contributed by atoms with Gasteiger partial charge in [0.05, 0.1) is 11.2 Å². The van der Waals surface area contributed by atoms with Crippen molar-refractivity contribution in [3.63, 3.8) is 0 Å². The van der Waals surface area contributed by atoms with Gasteiger partial charge in [-0.3, -0.25) is 10.4 Å². The van der Waals surface area contributed by atoms with Crippen molar-refractivity contribution < 1.29 is 9.84 Å². The number of para-hydroxylation sites is 1. The second kappa shape index (κ2) is 7.68. The fraction of sp³-hybridized carbons (Fsp3) is 0.158. The molecule has 122 valence electrons. The van der Waals surface area contributed by atoms with Crippen molar-refractivity contribution >= 4 is 22.3 Å². The molecule has 1 unspecified atom stereocenters. The van der Waals surface area contributed by atoms with E-state index in [1.54, 1.807) is 6.20 Å². The maximum Gasteiger partial charge on any atom is 0.200 e. The van der Waals surface area contributed by atoms with Gasteiger partial charge in [0, 0.05) is 23.8 Å². The quantitative estimate of drug-likeness (QED) is 0.415. The molecule has 5 nitrogen and oxygen atoms in total. The number of aliphatic hydroxyl groups excluding tert-OH is 1. The molecular formula is C19H19N3O2. The highest BCUT2D eigenvalue weighted by Gasteiger charge is 2.15. The lowest BCUT2D eigenvalue weighted by Crippen LogP contribution is -2.26. The van der Waals surface area contributed by atoms with Gasteiger partial charge in [-0.15, -0.1) is 0 Å². The summed E-state index contributed by atoms with van der Waals surface area (Å²) in [6.07, 6.45) is 0.637. The monoisotopic (exact) mass is 321 g/mol. The molecule has 0 aliphatic carbocycles. The summed E-state index contributed by atoms with van der Waals surface area (Å²) in [5.41, 5.74) is 5.81. The van der Waals surface area contributed by atoms with E-state index in [0.717, 1.165) is 22.2 Å². The smallest absolute Gasteiger partial charge is 0.200 e. The van der Waals surface area contributed by atoms with Crippen molar-refractivity contribution in [2.24, 2.45) is 5.10 Å². The molecule has 3 rings (SSSR count). The molecule has 1 atom stereocenters. The number of hydrogen-bond acceptors (Lipinski definition) is 5. The van der Waals surface area contributed by atoms with E-state index in [1.807, 2.05) is 67.6 Å². The Labute approximate surface area is 140 Å². The van der Waals surface area contributed by atoms with Crippen LogP contribution in [0.4, 0.5) is 5.69 Å². The fourth-order valence-corrected chi connectivity index (χ4v) is 2.42. The van der Waals surface area contributed by atoms with Crippen LogP contribution in [-0.4, -0.2) is 28.7 Å². The van der Waals surface area contributed by atoms with Gasteiger partial charge in [0.25, 0.3) is 0 Å². The lowest BCUT2D eigenvalue weighted by Gasteiger charge is -2.14. The predicted molar refractivity (Wildman–Crippen MR) is 96.0 cm³/mol. The number of fused-ring (bicyclic) bond motifs is 1. The van der Waals surface area contributed by atoms with Crippen LogP contribution in [0.15, 0.2) is 72.0 Å². The van der Waals surface area contributed by atoms with E-state index < -0.39 is 6.29 Å². The highest BCUT2D eigenvalue weighted by atomic mass is 16.6.